The lowest BCUT2D eigenvalue weighted by atomic mass is 9.97. The summed E-state index contributed by atoms with van der Waals surface area (Å²) in [5.41, 5.74) is 0.772. The number of furan rings is 1. The summed E-state index contributed by atoms with van der Waals surface area (Å²) < 4.78 is 16.6. The van der Waals surface area contributed by atoms with Gasteiger partial charge in [-0.2, -0.15) is 0 Å². The Hall–Kier alpha value is -2.02. The molecule has 0 aliphatic carbocycles. The van der Waals surface area contributed by atoms with E-state index in [9.17, 15) is 0 Å². The summed E-state index contributed by atoms with van der Waals surface area (Å²) in [7, 11) is 0. The fourth-order valence-corrected chi connectivity index (χ4v) is 2.77. The third kappa shape index (κ3) is 3.67. The van der Waals surface area contributed by atoms with E-state index in [1.165, 1.54) is 0 Å². The molecule has 0 N–H and O–H groups in total. The average molecular weight is 333 g/mol. The van der Waals surface area contributed by atoms with Gasteiger partial charge in [0.25, 0.3) is 5.89 Å². The van der Waals surface area contributed by atoms with E-state index in [4.69, 9.17) is 13.3 Å². The van der Waals surface area contributed by atoms with Gasteiger partial charge in [0.1, 0.15) is 5.76 Å². The van der Waals surface area contributed by atoms with Gasteiger partial charge >= 0.3 is 0 Å². The first-order valence-electron chi connectivity index (χ1n) is 7.34. The lowest BCUT2D eigenvalue weighted by molar-refractivity contribution is 0.378. The molecule has 0 amide bonds. The second-order valence-corrected chi connectivity index (χ2v) is 7.23. The predicted octanol–water partition coefficient (Wildman–Crippen LogP) is 4.36. The number of hydrogen-bond acceptors (Lipinski definition) is 7. The number of hydrogen-bond donors (Lipinski definition) is 0. The van der Waals surface area contributed by atoms with Crippen LogP contribution in [0.1, 0.15) is 44.0 Å². The van der Waals surface area contributed by atoms with Crippen LogP contribution in [0.25, 0.3) is 11.7 Å². The zero-order chi connectivity index (χ0) is 16.4. The molecule has 0 radical (unpaired) electrons. The van der Waals surface area contributed by atoms with Crippen LogP contribution in [0, 0.1) is 6.92 Å². The quantitative estimate of drug-likeness (QED) is 0.686. The van der Waals surface area contributed by atoms with Crippen LogP contribution < -0.4 is 0 Å². The van der Waals surface area contributed by atoms with E-state index in [0.717, 1.165) is 11.5 Å². The maximum atomic E-state index is 5.68. The van der Waals surface area contributed by atoms with Crippen LogP contribution in [0.3, 0.4) is 0 Å². The van der Waals surface area contributed by atoms with E-state index >= 15 is 0 Å². The number of aryl methyl sites for hydroxylation is 1. The minimum Gasteiger partial charge on any atom is -0.459 e. The number of thioether (sulfide) groups is 1. The zero-order valence-electron chi connectivity index (χ0n) is 13.6. The Morgan fingerprint density at radius 3 is 2.61 bits per heavy atom. The van der Waals surface area contributed by atoms with Crippen LogP contribution >= 0.6 is 11.8 Å². The summed E-state index contributed by atoms with van der Waals surface area (Å²) in [5, 5.41) is 8.18. The lowest BCUT2D eigenvalue weighted by Gasteiger charge is -2.10. The van der Waals surface area contributed by atoms with Gasteiger partial charge in [0.15, 0.2) is 5.76 Å². The molecule has 0 saturated carbocycles. The number of aromatic nitrogens is 3. The summed E-state index contributed by atoms with van der Waals surface area (Å²) in [4.78, 5) is 4.48. The topological polar surface area (TPSA) is 78.1 Å². The molecule has 122 valence electrons. The summed E-state index contributed by atoms with van der Waals surface area (Å²) >= 11 is 1.66. The monoisotopic (exact) mass is 333 g/mol. The maximum absolute atomic E-state index is 5.68. The normalized spacial score (nSPS) is 12.0. The molecule has 0 aliphatic rings. The van der Waals surface area contributed by atoms with Crippen LogP contribution in [-0.2, 0) is 16.9 Å². The molecule has 0 aliphatic heterocycles. The van der Waals surface area contributed by atoms with Crippen molar-refractivity contribution in [3.8, 4) is 11.7 Å². The molecule has 0 spiro atoms. The van der Waals surface area contributed by atoms with Crippen LogP contribution in [0.4, 0.5) is 0 Å². The molecule has 0 unspecified atom stereocenters. The highest BCUT2D eigenvalue weighted by Gasteiger charge is 2.21. The summed E-state index contributed by atoms with van der Waals surface area (Å²) in [6, 6.07) is 3.64. The van der Waals surface area contributed by atoms with E-state index in [-0.39, 0.29) is 5.41 Å². The zero-order valence-corrected chi connectivity index (χ0v) is 14.4. The molecular weight excluding hydrogens is 314 g/mol. The highest BCUT2D eigenvalue weighted by Crippen LogP contribution is 2.26. The van der Waals surface area contributed by atoms with Crippen molar-refractivity contribution in [3.05, 3.63) is 41.6 Å². The summed E-state index contributed by atoms with van der Waals surface area (Å²) in [6.45, 7) is 8.05. The number of nitrogens with zero attached hydrogens (tertiary/aromatic N) is 3. The molecule has 7 heteroatoms. The van der Waals surface area contributed by atoms with Crippen LogP contribution in [-0.4, -0.2) is 15.2 Å². The van der Waals surface area contributed by atoms with E-state index in [1.807, 2.05) is 39.8 Å². The Morgan fingerprint density at radius 2 is 1.96 bits per heavy atom. The lowest BCUT2D eigenvalue weighted by Crippen LogP contribution is -2.11. The molecule has 3 aromatic heterocycles. The number of oxazole rings is 1. The van der Waals surface area contributed by atoms with Gasteiger partial charge < -0.3 is 13.3 Å². The van der Waals surface area contributed by atoms with Crippen LogP contribution in [0.2, 0.25) is 0 Å². The van der Waals surface area contributed by atoms with Crippen molar-refractivity contribution in [2.45, 2.75) is 44.6 Å². The first-order chi connectivity index (χ1) is 10.9. The van der Waals surface area contributed by atoms with Crippen LogP contribution in [0.15, 0.2) is 31.6 Å². The Morgan fingerprint density at radius 1 is 1.13 bits per heavy atom. The molecule has 0 fully saturated rings. The minimum absolute atomic E-state index is 0.128. The third-order valence-corrected chi connectivity index (χ3v) is 4.13. The van der Waals surface area contributed by atoms with Crippen molar-refractivity contribution in [2.75, 3.05) is 0 Å². The van der Waals surface area contributed by atoms with Gasteiger partial charge in [-0.1, -0.05) is 20.8 Å². The van der Waals surface area contributed by atoms with Crippen molar-refractivity contribution in [1.29, 1.82) is 0 Å². The van der Waals surface area contributed by atoms with E-state index in [1.54, 1.807) is 18.0 Å². The smallest absolute Gasteiger partial charge is 0.263 e. The van der Waals surface area contributed by atoms with Crippen molar-refractivity contribution < 1.29 is 13.3 Å². The van der Waals surface area contributed by atoms with Gasteiger partial charge in [-0.25, -0.2) is 4.98 Å². The SMILES string of the molecule is Cc1oc(-c2ccco2)nc1CSCc1nnc(C(C)(C)C)o1. The highest BCUT2D eigenvalue weighted by molar-refractivity contribution is 7.97. The Bertz CT molecular complexity index is 769. The highest BCUT2D eigenvalue weighted by atomic mass is 32.2. The van der Waals surface area contributed by atoms with Crippen molar-refractivity contribution in [1.82, 2.24) is 15.2 Å². The molecule has 3 aromatic rings. The van der Waals surface area contributed by atoms with Crippen LogP contribution in [0.5, 0.6) is 0 Å². The fraction of sp³-hybridized carbons (Fsp3) is 0.438. The average Bonchev–Trinajstić information content (AvgIpc) is 3.19. The number of rotatable bonds is 5. The predicted molar refractivity (Wildman–Crippen MR) is 86.9 cm³/mol. The molecule has 0 aromatic carbocycles. The Kier molecular flexibility index (Phi) is 4.30. The first-order valence-corrected chi connectivity index (χ1v) is 8.50. The van der Waals surface area contributed by atoms with Crippen molar-refractivity contribution in [3.63, 3.8) is 0 Å². The Balaban J connectivity index is 1.60. The van der Waals surface area contributed by atoms with Gasteiger partial charge in [-0.15, -0.1) is 22.0 Å². The maximum Gasteiger partial charge on any atom is 0.263 e. The van der Waals surface area contributed by atoms with Gasteiger partial charge in [-0.05, 0) is 19.1 Å². The fourth-order valence-electron chi connectivity index (χ4n) is 1.92. The first kappa shape index (κ1) is 15.9. The van der Waals surface area contributed by atoms with E-state index in [0.29, 0.717) is 34.9 Å². The van der Waals surface area contributed by atoms with Gasteiger partial charge in [-0.3, -0.25) is 0 Å². The molecule has 3 rings (SSSR count). The second kappa shape index (κ2) is 6.23. The third-order valence-electron chi connectivity index (χ3n) is 3.20. The molecular formula is C16H19N3O3S. The van der Waals surface area contributed by atoms with E-state index < -0.39 is 0 Å². The van der Waals surface area contributed by atoms with Gasteiger partial charge in [0.2, 0.25) is 11.8 Å². The molecule has 3 heterocycles. The standard InChI is InChI=1S/C16H19N3O3S/c1-10-11(17-14(21-10)12-6-5-7-20-12)8-23-9-13-18-19-15(22-13)16(2,3)4/h5-7H,8-9H2,1-4H3. The Labute approximate surface area is 138 Å². The van der Waals surface area contributed by atoms with E-state index in [2.05, 4.69) is 15.2 Å². The summed E-state index contributed by atoms with van der Waals surface area (Å²) in [6.07, 6.45) is 1.60. The molecule has 23 heavy (non-hydrogen) atoms. The van der Waals surface area contributed by atoms with Gasteiger partial charge in [0, 0.05) is 11.2 Å². The molecule has 0 atom stereocenters. The van der Waals surface area contributed by atoms with Crippen molar-refractivity contribution in [2.24, 2.45) is 0 Å². The molecule has 0 bridgehead atoms. The summed E-state index contributed by atoms with van der Waals surface area (Å²) in [5.74, 6) is 4.59. The molecule has 0 saturated heterocycles. The van der Waals surface area contributed by atoms with Crippen molar-refractivity contribution >= 4 is 11.8 Å². The van der Waals surface area contributed by atoms with Gasteiger partial charge in [0.05, 0.1) is 17.7 Å². The second-order valence-electron chi connectivity index (χ2n) is 6.24. The minimum atomic E-state index is -0.128. The largest absolute Gasteiger partial charge is 0.459 e. The molecule has 6 nitrogen and oxygen atoms in total.